The zero-order chi connectivity index (χ0) is 19.6. The van der Waals surface area contributed by atoms with E-state index in [1.54, 1.807) is 38.5 Å². The number of rotatable bonds is 9. The molecule has 0 heterocycles. The third-order valence-corrected chi connectivity index (χ3v) is 3.71. The molecule has 0 aromatic heterocycles. The number of methoxy groups -OCH3 is 2. The summed E-state index contributed by atoms with van der Waals surface area (Å²) >= 11 is 0. The van der Waals surface area contributed by atoms with Crippen molar-refractivity contribution in [2.45, 2.75) is 13.3 Å². The molecule has 2 rings (SSSR count). The first-order valence-corrected chi connectivity index (χ1v) is 8.50. The van der Waals surface area contributed by atoms with Crippen molar-refractivity contribution >= 4 is 17.5 Å². The highest BCUT2D eigenvalue weighted by Gasteiger charge is 2.06. The van der Waals surface area contributed by atoms with Crippen LogP contribution in [0.2, 0.25) is 0 Å². The maximum Gasteiger partial charge on any atom is 0.257 e. The van der Waals surface area contributed by atoms with Crippen LogP contribution in [0.25, 0.3) is 0 Å². The van der Waals surface area contributed by atoms with E-state index < -0.39 is 0 Å². The average Bonchev–Trinajstić information content (AvgIpc) is 2.66. The van der Waals surface area contributed by atoms with Gasteiger partial charge in [-0.3, -0.25) is 9.59 Å². The van der Waals surface area contributed by atoms with Crippen molar-refractivity contribution in [1.29, 1.82) is 0 Å². The minimum absolute atomic E-state index is 0.102. The molecule has 27 heavy (non-hydrogen) atoms. The lowest BCUT2D eigenvalue weighted by Crippen LogP contribution is -2.30. The highest BCUT2D eigenvalue weighted by molar-refractivity contribution is 5.88. The molecule has 0 unspecified atom stereocenters. The fourth-order valence-corrected chi connectivity index (χ4v) is 2.45. The predicted octanol–water partition coefficient (Wildman–Crippen LogP) is 2.40. The van der Waals surface area contributed by atoms with Crippen LogP contribution >= 0.6 is 0 Å². The number of carbonyl (C=O) groups excluding carboxylic acids is 2. The molecule has 2 aromatic carbocycles. The smallest absolute Gasteiger partial charge is 0.257 e. The number of nitrogens with one attached hydrogen (secondary N) is 2. The molecule has 0 saturated carbocycles. The lowest BCUT2D eigenvalue weighted by Gasteiger charge is -2.11. The summed E-state index contributed by atoms with van der Waals surface area (Å²) in [6, 6.07) is 12.5. The van der Waals surface area contributed by atoms with Crippen LogP contribution in [0.15, 0.2) is 42.5 Å². The average molecular weight is 372 g/mol. The molecule has 0 radical (unpaired) electrons. The van der Waals surface area contributed by atoms with E-state index in [0.717, 1.165) is 5.56 Å². The number of benzene rings is 2. The van der Waals surface area contributed by atoms with E-state index in [4.69, 9.17) is 14.2 Å². The summed E-state index contributed by atoms with van der Waals surface area (Å²) in [5.41, 5.74) is 1.64. The summed E-state index contributed by atoms with van der Waals surface area (Å²) in [7, 11) is 3.17. The van der Waals surface area contributed by atoms with Gasteiger partial charge in [-0.1, -0.05) is 12.1 Å². The van der Waals surface area contributed by atoms with Crippen molar-refractivity contribution in [1.82, 2.24) is 5.32 Å². The van der Waals surface area contributed by atoms with E-state index in [2.05, 4.69) is 10.6 Å². The van der Waals surface area contributed by atoms with Crippen molar-refractivity contribution in [3.63, 3.8) is 0 Å². The lowest BCUT2D eigenvalue weighted by molar-refractivity contribution is -0.123. The van der Waals surface area contributed by atoms with E-state index in [9.17, 15) is 9.59 Å². The first kappa shape index (κ1) is 20.1. The molecule has 7 heteroatoms. The quantitative estimate of drug-likeness (QED) is 0.706. The largest absolute Gasteiger partial charge is 0.493 e. The van der Waals surface area contributed by atoms with Crippen molar-refractivity contribution < 1.29 is 23.8 Å². The van der Waals surface area contributed by atoms with Crippen molar-refractivity contribution in [3.05, 3.63) is 48.0 Å². The molecule has 0 atom stereocenters. The minimum Gasteiger partial charge on any atom is -0.493 e. The molecular formula is C20H24N2O5. The maximum absolute atomic E-state index is 11.9. The van der Waals surface area contributed by atoms with Crippen LogP contribution in [-0.2, 0) is 16.0 Å². The van der Waals surface area contributed by atoms with E-state index in [-0.39, 0.29) is 18.4 Å². The molecule has 2 amide bonds. The number of carbonyl (C=O) groups is 2. The molecule has 0 bridgehead atoms. The van der Waals surface area contributed by atoms with Gasteiger partial charge in [-0.05, 0) is 36.2 Å². The molecule has 2 N–H and O–H groups in total. The molecular weight excluding hydrogens is 348 g/mol. The van der Waals surface area contributed by atoms with E-state index >= 15 is 0 Å². The predicted molar refractivity (Wildman–Crippen MR) is 103 cm³/mol. The van der Waals surface area contributed by atoms with Gasteiger partial charge < -0.3 is 24.8 Å². The van der Waals surface area contributed by atoms with Crippen molar-refractivity contribution in [2.24, 2.45) is 0 Å². The van der Waals surface area contributed by atoms with Crippen molar-refractivity contribution in [3.8, 4) is 17.2 Å². The van der Waals surface area contributed by atoms with Crippen LogP contribution in [0.5, 0.6) is 17.2 Å². The fourth-order valence-electron chi connectivity index (χ4n) is 2.45. The molecule has 0 fully saturated rings. The monoisotopic (exact) mass is 372 g/mol. The molecule has 144 valence electrons. The molecule has 7 nitrogen and oxygen atoms in total. The summed E-state index contributed by atoms with van der Waals surface area (Å²) < 4.78 is 15.9. The Hall–Kier alpha value is -3.22. The Morgan fingerprint density at radius 1 is 1.00 bits per heavy atom. The third kappa shape index (κ3) is 6.54. The van der Waals surface area contributed by atoms with Gasteiger partial charge in [0.15, 0.2) is 18.1 Å². The second-order valence-corrected chi connectivity index (χ2v) is 5.79. The Labute approximate surface area is 158 Å². The Kier molecular flexibility index (Phi) is 7.49. The summed E-state index contributed by atoms with van der Waals surface area (Å²) in [4.78, 5) is 23.0. The molecule has 0 spiro atoms. The second-order valence-electron chi connectivity index (χ2n) is 5.79. The normalized spacial score (nSPS) is 10.0. The Morgan fingerprint density at radius 3 is 2.48 bits per heavy atom. The highest BCUT2D eigenvalue weighted by atomic mass is 16.5. The SMILES string of the molecule is COc1ccc(CCNC(=O)COc2cccc(NC(C)=O)c2)cc1OC. The first-order valence-electron chi connectivity index (χ1n) is 8.50. The van der Waals surface area contributed by atoms with E-state index in [1.165, 1.54) is 6.92 Å². The number of ether oxygens (including phenoxy) is 3. The highest BCUT2D eigenvalue weighted by Crippen LogP contribution is 2.27. The van der Waals surface area contributed by atoms with Gasteiger partial charge in [0.25, 0.3) is 5.91 Å². The lowest BCUT2D eigenvalue weighted by atomic mass is 10.1. The van der Waals surface area contributed by atoms with Crippen molar-refractivity contribution in [2.75, 3.05) is 32.7 Å². The van der Waals surface area contributed by atoms with Gasteiger partial charge in [0.05, 0.1) is 14.2 Å². The van der Waals surface area contributed by atoms with Crippen LogP contribution in [0.3, 0.4) is 0 Å². The van der Waals surface area contributed by atoms with Gasteiger partial charge in [-0.25, -0.2) is 0 Å². The van der Waals surface area contributed by atoms with Crippen LogP contribution < -0.4 is 24.8 Å². The summed E-state index contributed by atoms with van der Waals surface area (Å²) in [5, 5.41) is 5.47. The van der Waals surface area contributed by atoms with Gasteiger partial charge in [0.2, 0.25) is 5.91 Å². The van der Waals surface area contributed by atoms with Gasteiger partial charge in [-0.15, -0.1) is 0 Å². The molecule has 0 saturated heterocycles. The van der Waals surface area contributed by atoms with Gasteiger partial charge in [0, 0.05) is 25.2 Å². The van der Waals surface area contributed by atoms with Gasteiger partial charge in [-0.2, -0.15) is 0 Å². The van der Waals surface area contributed by atoms with Crippen LogP contribution in [0.4, 0.5) is 5.69 Å². The molecule has 0 aliphatic carbocycles. The Morgan fingerprint density at radius 2 is 1.78 bits per heavy atom. The molecule has 2 aromatic rings. The summed E-state index contributed by atoms with van der Waals surface area (Å²) in [6.07, 6.45) is 0.657. The standard InChI is InChI=1S/C20H24N2O5/c1-14(23)22-16-5-4-6-17(12-16)27-13-20(24)21-10-9-15-7-8-18(25-2)19(11-15)26-3/h4-8,11-12H,9-10,13H2,1-3H3,(H,21,24)(H,22,23). The van der Waals surface area contributed by atoms with E-state index in [0.29, 0.717) is 35.9 Å². The summed E-state index contributed by atoms with van der Waals surface area (Å²) in [6.45, 7) is 1.80. The van der Waals surface area contributed by atoms with Crippen LogP contribution in [-0.4, -0.2) is 39.2 Å². The number of anilines is 1. The number of amides is 2. The molecule has 0 aliphatic heterocycles. The molecule has 0 aliphatic rings. The zero-order valence-corrected chi connectivity index (χ0v) is 15.7. The second kappa shape index (κ2) is 10.1. The third-order valence-electron chi connectivity index (χ3n) is 3.71. The van der Waals surface area contributed by atoms with E-state index in [1.807, 2.05) is 18.2 Å². The minimum atomic E-state index is -0.222. The summed E-state index contributed by atoms with van der Waals surface area (Å²) in [5.74, 6) is 1.45. The number of hydrogen-bond acceptors (Lipinski definition) is 5. The fraction of sp³-hybridized carbons (Fsp3) is 0.300. The Balaban J connectivity index is 1.77. The zero-order valence-electron chi connectivity index (χ0n) is 15.7. The number of hydrogen-bond donors (Lipinski definition) is 2. The van der Waals surface area contributed by atoms with Crippen LogP contribution in [0, 0.1) is 0 Å². The Bertz CT molecular complexity index is 792. The topological polar surface area (TPSA) is 85.9 Å². The first-order chi connectivity index (χ1) is 13.0. The van der Waals surface area contributed by atoms with Gasteiger partial charge >= 0.3 is 0 Å². The maximum atomic E-state index is 11.9. The van der Waals surface area contributed by atoms with Gasteiger partial charge in [0.1, 0.15) is 5.75 Å². The van der Waals surface area contributed by atoms with Crippen LogP contribution in [0.1, 0.15) is 12.5 Å².